The molecule has 0 radical (unpaired) electrons. The number of benzene rings is 1. The molecule has 2 rings (SSSR count). The molecular weight excluding hydrogens is 272 g/mol. The van der Waals surface area contributed by atoms with E-state index in [1.165, 1.54) is 0 Å². The average molecular weight is 295 g/mol. The summed E-state index contributed by atoms with van der Waals surface area (Å²) in [6.07, 6.45) is 1.98. The number of hydrogen-bond donors (Lipinski definition) is 2. The summed E-state index contributed by atoms with van der Waals surface area (Å²) in [7, 11) is 0. The molecule has 1 aliphatic heterocycles. The Bertz CT molecular complexity index is 470. The molecule has 0 bridgehead atoms. The third-order valence-corrected chi connectivity index (χ3v) is 4.34. The molecular formula is C16H23ClN2O. The van der Waals surface area contributed by atoms with Crippen LogP contribution in [0.1, 0.15) is 39.2 Å². The summed E-state index contributed by atoms with van der Waals surface area (Å²) in [6, 6.07) is 8.25. The SMILES string of the molecule is CC1CC(NC(=O)C(C)(C)c2ccc(Cl)cc2)CCN1. The first kappa shape index (κ1) is 15.3. The van der Waals surface area contributed by atoms with Crippen LogP contribution in [-0.4, -0.2) is 24.5 Å². The summed E-state index contributed by atoms with van der Waals surface area (Å²) in [4.78, 5) is 12.6. The highest BCUT2D eigenvalue weighted by molar-refractivity contribution is 6.30. The van der Waals surface area contributed by atoms with Gasteiger partial charge in [0.25, 0.3) is 0 Å². The summed E-state index contributed by atoms with van der Waals surface area (Å²) in [5.74, 6) is 0.0823. The number of nitrogens with one attached hydrogen (secondary N) is 2. The van der Waals surface area contributed by atoms with Crippen molar-refractivity contribution in [2.24, 2.45) is 0 Å². The molecule has 0 saturated carbocycles. The molecule has 1 aromatic carbocycles. The minimum absolute atomic E-state index is 0.0823. The highest BCUT2D eigenvalue weighted by Crippen LogP contribution is 2.25. The number of hydrogen-bond acceptors (Lipinski definition) is 2. The van der Waals surface area contributed by atoms with Crippen LogP contribution in [0.2, 0.25) is 5.02 Å². The molecule has 4 heteroatoms. The molecule has 1 aliphatic rings. The minimum atomic E-state index is -0.543. The molecule has 110 valence electrons. The third kappa shape index (κ3) is 3.53. The van der Waals surface area contributed by atoms with Gasteiger partial charge in [0.2, 0.25) is 5.91 Å². The molecule has 0 aliphatic carbocycles. The molecule has 20 heavy (non-hydrogen) atoms. The molecule has 1 heterocycles. The molecule has 1 amide bonds. The molecule has 2 N–H and O–H groups in total. The number of rotatable bonds is 3. The summed E-state index contributed by atoms with van der Waals surface area (Å²) in [5.41, 5.74) is 0.444. The van der Waals surface area contributed by atoms with Gasteiger partial charge in [-0.05, 0) is 57.9 Å². The van der Waals surface area contributed by atoms with E-state index in [0.29, 0.717) is 11.1 Å². The average Bonchev–Trinajstić information content (AvgIpc) is 2.39. The predicted octanol–water partition coefficient (Wildman–Crippen LogP) is 2.87. The van der Waals surface area contributed by atoms with Crippen LogP contribution >= 0.6 is 11.6 Å². The lowest BCUT2D eigenvalue weighted by Gasteiger charge is -2.32. The van der Waals surface area contributed by atoms with Crippen LogP contribution in [0.4, 0.5) is 0 Å². The lowest BCUT2D eigenvalue weighted by atomic mass is 9.83. The molecule has 3 nitrogen and oxygen atoms in total. The standard InChI is InChI=1S/C16H23ClN2O/c1-11-10-14(8-9-18-11)19-15(20)16(2,3)12-4-6-13(17)7-5-12/h4-7,11,14,18H,8-10H2,1-3H3,(H,19,20). The van der Waals surface area contributed by atoms with E-state index in [2.05, 4.69) is 17.6 Å². The van der Waals surface area contributed by atoms with Crippen molar-refractivity contribution in [2.75, 3.05) is 6.54 Å². The van der Waals surface area contributed by atoms with Crippen LogP contribution in [0.25, 0.3) is 0 Å². The Morgan fingerprint density at radius 1 is 1.35 bits per heavy atom. The van der Waals surface area contributed by atoms with Crippen molar-refractivity contribution in [3.8, 4) is 0 Å². The van der Waals surface area contributed by atoms with E-state index in [9.17, 15) is 4.79 Å². The van der Waals surface area contributed by atoms with Crippen molar-refractivity contribution in [3.05, 3.63) is 34.9 Å². The third-order valence-electron chi connectivity index (χ3n) is 4.09. The highest BCUT2D eigenvalue weighted by Gasteiger charge is 2.32. The van der Waals surface area contributed by atoms with Gasteiger partial charge in [0.05, 0.1) is 5.41 Å². The van der Waals surface area contributed by atoms with Crippen LogP contribution in [0.15, 0.2) is 24.3 Å². The number of carbonyl (C=O) groups is 1. The molecule has 2 unspecified atom stereocenters. The van der Waals surface area contributed by atoms with Crippen LogP contribution in [0.5, 0.6) is 0 Å². The molecule has 2 atom stereocenters. The monoisotopic (exact) mass is 294 g/mol. The fourth-order valence-corrected chi connectivity index (χ4v) is 2.75. The van der Waals surface area contributed by atoms with Crippen molar-refractivity contribution in [3.63, 3.8) is 0 Å². The van der Waals surface area contributed by atoms with E-state index < -0.39 is 5.41 Å². The zero-order chi connectivity index (χ0) is 14.8. The summed E-state index contributed by atoms with van der Waals surface area (Å²) >= 11 is 5.91. The van der Waals surface area contributed by atoms with E-state index in [1.54, 1.807) is 0 Å². The molecule has 1 aromatic rings. The lowest BCUT2D eigenvalue weighted by molar-refractivity contribution is -0.126. The van der Waals surface area contributed by atoms with Gasteiger partial charge in [-0.25, -0.2) is 0 Å². The first-order chi connectivity index (χ1) is 9.39. The summed E-state index contributed by atoms with van der Waals surface area (Å²) < 4.78 is 0. The van der Waals surface area contributed by atoms with Gasteiger partial charge in [-0.3, -0.25) is 4.79 Å². The Morgan fingerprint density at radius 2 is 2.00 bits per heavy atom. The second kappa shape index (κ2) is 6.15. The van der Waals surface area contributed by atoms with Gasteiger partial charge in [-0.15, -0.1) is 0 Å². The quantitative estimate of drug-likeness (QED) is 0.900. The Labute approximate surface area is 126 Å². The van der Waals surface area contributed by atoms with Crippen molar-refractivity contribution in [1.82, 2.24) is 10.6 Å². The second-order valence-electron chi connectivity index (χ2n) is 6.18. The zero-order valence-corrected chi connectivity index (χ0v) is 13.1. The van der Waals surface area contributed by atoms with Gasteiger partial charge in [-0.2, -0.15) is 0 Å². The van der Waals surface area contributed by atoms with E-state index >= 15 is 0 Å². The Balaban J connectivity index is 2.04. The second-order valence-corrected chi connectivity index (χ2v) is 6.62. The molecule has 0 spiro atoms. The molecule has 1 fully saturated rings. The Kier molecular flexibility index (Phi) is 4.71. The van der Waals surface area contributed by atoms with Gasteiger partial charge in [0, 0.05) is 17.1 Å². The maximum atomic E-state index is 12.6. The largest absolute Gasteiger partial charge is 0.353 e. The topological polar surface area (TPSA) is 41.1 Å². The van der Waals surface area contributed by atoms with Gasteiger partial charge in [-0.1, -0.05) is 23.7 Å². The minimum Gasteiger partial charge on any atom is -0.353 e. The van der Waals surface area contributed by atoms with E-state index in [0.717, 1.165) is 24.9 Å². The van der Waals surface area contributed by atoms with Gasteiger partial charge in [0.15, 0.2) is 0 Å². The van der Waals surface area contributed by atoms with Crippen molar-refractivity contribution in [1.29, 1.82) is 0 Å². The smallest absolute Gasteiger partial charge is 0.230 e. The van der Waals surface area contributed by atoms with Gasteiger partial charge < -0.3 is 10.6 Å². The first-order valence-corrected chi connectivity index (χ1v) is 7.58. The van der Waals surface area contributed by atoms with Crippen LogP contribution in [-0.2, 0) is 10.2 Å². The number of piperidine rings is 1. The van der Waals surface area contributed by atoms with Gasteiger partial charge >= 0.3 is 0 Å². The fourth-order valence-electron chi connectivity index (χ4n) is 2.63. The summed E-state index contributed by atoms with van der Waals surface area (Å²) in [6.45, 7) is 7.03. The van der Waals surface area contributed by atoms with Crippen LogP contribution < -0.4 is 10.6 Å². The van der Waals surface area contributed by atoms with Crippen LogP contribution in [0.3, 0.4) is 0 Å². The van der Waals surface area contributed by atoms with Gasteiger partial charge in [0.1, 0.15) is 0 Å². The number of amides is 1. The van der Waals surface area contributed by atoms with E-state index in [1.807, 2.05) is 38.1 Å². The lowest BCUT2D eigenvalue weighted by Crippen LogP contribution is -2.50. The summed E-state index contributed by atoms with van der Waals surface area (Å²) in [5, 5.41) is 7.28. The maximum absolute atomic E-state index is 12.6. The number of halogens is 1. The van der Waals surface area contributed by atoms with Crippen molar-refractivity contribution < 1.29 is 4.79 Å². The fraction of sp³-hybridized carbons (Fsp3) is 0.562. The maximum Gasteiger partial charge on any atom is 0.230 e. The predicted molar refractivity (Wildman–Crippen MR) is 83.1 cm³/mol. The molecule has 0 aromatic heterocycles. The van der Waals surface area contributed by atoms with E-state index in [-0.39, 0.29) is 11.9 Å². The highest BCUT2D eigenvalue weighted by atomic mass is 35.5. The zero-order valence-electron chi connectivity index (χ0n) is 12.4. The normalized spacial score (nSPS) is 23.4. The van der Waals surface area contributed by atoms with Crippen molar-refractivity contribution in [2.45, 2.75) is 51.1 Å². The Hall–Kier alpha value is -1.06. The van der Waals surface area contributed by atoms with Crippen molar-refractivity contribution >= 4 is 17.5 Å². The van der Waals surface area contributed by atoms with E-state index in [4.69, 9.17) is 11.6 Å². The van der Waals surface area contributed by atoms with Crippen LogP contribution in [0, 0.1) is 0 Å². The Morgan fingerprint density at radius 3 is 2.60 bits per heavy atom. The molecule has 1 saturated heterocycles. The first-order valence-electron chi connectivity index (χ1n) is 7.20. The number of carbonyl (C=O) groups excluding carboxylic acids is 1.